The molecule has 0 fully saturated rings. The highest BCUT2D eigenvalue weighted by Crippen LogP contribution is 2.32. The van der Waals surface area contributed by atoms with Crippen LogP contribution in [0.4, 0.5) is 5.69 Å². The van der Waals surface area contributed by atoms with Gasteiger partial charge in [-0.15, -0.1) is 0 Å². The largest absolute Gasteiger partial charge is 0.370 e. The van der Waals surface area contributed by atoms with Gasteiger partial charge in [0.15, 0.2) is 5.96 Å². The molecule has 14 heavy (non-hydrogen) atoms. The number of nitrogens with one attached hydrogen (secondary N) is 1. The normalized spacial score (nSPS) is 19.6. The van der Waals surface area contributed by atoms with Crippen molar-refractivity contribution in [2.45, 2.75) is 26.3 Å². The molecule has 1 unspecified atom stereocenters. The number of rotatable bonds is 0. The van der Waals surface area contributed by atoms with Crippen molar-refractivity contribution in [1.29, 1.82) is 5.41 Å². The summed E-state index contributed by atoms with van der Waals surface area (Å²) in [6.07, 6.45) is 0.983. The number of guanidine groups is 1. The summed E-state index contributed by atoms with van der Waals surface area (Å²) in [4.78, 5) is 1.88. The lowest BCUT2D eigenvalue weighted by Gasteiger charge is -2.22. The molecule has 1 atom stereocenters. The van der Waals surface area contributed by atoms with E-state index in [2.05, 4.69) is 32.0 Å². The second kappa shape index (κ2) is 3.01. The van der Waals surface area contributed by atoms with Gasteiger partial charge in [-0.1, -0.05) is 17.7 Å². The van der Waals surface area contributed by atoms with Gasteiger partial charge in [0.1, 0.15) is 0 Å². The first-order valence-corrected chi connectivity index (χ1v) is 4.82. The van der Waals surface area contributed by atoms with Crippen molar-refractivity contribution in [3.8, 4) is 0 Å². The third kappa shape index (κ3) is 1.25. The molecule has 1 aromatic rings. The van der Waals surface area contributed by atoms with Crippen LogP contribution in [0.3, 0.4) is 0 Å². The van der Waals surface area contributed by atoms with Crippen LogP contribution in [0.2, 0.25) is 0 Å². The highest BCUT2D eigenvalue weighted by molar-refractivity contribution is 5.95. The Balaban J connectivity index is 2.48. The van der Waals surface area contributed by atoms with Crippen molar-refractivity contribution in [3.63, 3.8) is 0 Å². The summed E-state index contributed by atoms with van der Waals surface area (Å²) < 4.78 is 0. The molecule has 3 nitrogen and oxygen atoms in total. The Morgan fingerprint density at radius 3 is 2.93 bits per heavy atom. The fourth-order valence-corrected chi connectivity index (χ4v) is 2.13. The summed E-state index contributed by atoms with van der Waals surface area (Å²) in [5.74, 6) is 0.139. The Bertz CT molecular complexity index is 384. The van der Waals surface area contributed by atoms with Gasteiger partial charge in [0, 0.05) is 11.7 Å². The van der Waals surface area contributed by atoms with Crippen molar-refractivity contribution in [2.75, 3.05) is 4.90 Å². The fourth-order valence-electron chi connectivity index (χ4n) is 2.13. The van der Waals surface area contributed by atoms with Crippen molar-refractivity contribution in [3.05, 3.63) is 29.3 Å². The van der Waals surface area contributed by atoms with Crippen molar-refractivity contribution in [2.24, 2.45) is 5.73 Å². The van der Waals surface area contributed by atoms with Crippen molar-refractivity contribution < 1.29 is 0 Å². The molecule has 0 radical (unpaired) electrons. The lowest BCUT2D eigenvalue weighted by molar-refractivity contribution is 0.767. The molecule has 0 saturated carbocycles. The first-order chi connectivity index (χ1) is 6.59. The fraction of sp³-hybridized carbons (Fsp3) is 0.364. The van der Waals surface area contributed by atoms with E-state index in [0.717, 1.165) is 12.1 Å². The number of hydrogen-bond donors (Lipinski definition) is 2. The summed E-state index contributed by atoms with van der Waals surface area (Å²) in [5, 5.41) is 7.51. The average Bonchev–Trinajstić information content (AvgIpc) is 2.39. The van der Waals surface area contributed by atoms with Gasteiger partial charge in [-0.3, -0.25) is 5.41 Å². The molecule has 1 aromatic carbocycles. The zero-order valence-electron chi connectivity index (χ0n) is 8.54. The van der Waals surface area contributed by atoms with E-state index >= 15 is 0 Å². The van der Waals surface area contributed by atoms with Crippen LogP contribution in [0.1, 0.15) is 18.1 Å². The molecule has 0 aliphatic carbocycles. The monoisotopic (exact) mass is 189 g/mol. The van der Waals surface area contributed by atoms with E-state index < -0.39 is 0 Å². The van der Waals surface area contributed by atoms with E-state index in [0.29, 0.717) is 6.04 Å². The second-order valence-electron chi connectivity index (χ2n) is 3.94. The van der Waals surface area contributed by atoms with Crippen molar-refractivity contribution in [1.82, 2.24) is 0 Å². The standard InChI is InChI=1S/C11H15N3/c1-7-3-4-10-9(5-7)6-8(2)14(10)11(12)13/h3-5,8H,6H2,1-2H3,(H3,12,13). The zero-order chi connectivity index (χ0) is 10.3. The van der Waals surface area contributed by atoms with Crippen molar-refractivity contribution >= 4 is 11.6 Å². The minimum atomic E-state index is 0.139. The average molecular weight is 189 g/mol. The lowest BCUT2D eigenvalue weighted by Crippen LogP contribution is -2.40. The smallest absolute Gasteiger partial charge is 0.193 e. The molecular weight excluding hydrogens is 174 g/mol. The molecule has 2 rings (SSSR count). The lowest BCUT2D eigenvalue weighted by atomic mass is 10.1. The maximum absolute atomic E-state index is 7.51. The maximum atomic E-state index is 7.51. The summed E-state index contributed by atoms with van der Waals surface area (Å²) in [6, 6.07) is 6.60. The Labute approximate surface area is 84.0 Å². The molecule has 0 amide bonds. The minimum Gasteiger partial charge on any atom is -0.370 e. The third-order valence-electron chi connectivity index (χ3n) is 2.71. The topological polar surface area (TPSA) is 53.1 Å². The summed E-state index contributed by atoms with van der Waals surface area (Å²) in [6.45, 7) is 4.18. The van der Waals surface area contributed by atoms with Gasteiger partial charge in [-0.25, -0.2) is 0 Å². The van der Waals surface area contributed by atoms with Gasteiger partial charge in [-0.2, -0.15) is 0 Å². The second-order valence-corrected chi connectivity index (χ2v) is 3.94. The quantitative estimate of drug-likeness (QED) is 0.481. The predicted molar refractivity (Wildman–Crippen MR) is 58.7 cm³/mol. The van der Waals surface area contributed by atoms with Crippen LogP contribution in [-0.4, -0.2) is 12.0 Å². The Morgan fingerprint density at radius 1 is 1.57 bits per heavy atom. The highest BCUT2D eigenvalue weighted by Gasteiger charge is 2.27. The van der Waals surface area contributed by atoms with E-state index in [9.17, 15) is 0 Å². The molecule has 0 bridgehead atoms. The van der Waals surface area contributed by atoms with Crippen LogP contribution in [-0.2, 0) is 6.42 Å². The SMILES string of the molecule is Cc1ccc2c(c1)CC(C)N2C(=N)N. The Morgan fingerprint density at radius 2 is 2.29 bits per heavy atom. The van der Waals surface area contributed by atoms with E-state index in [1.54, 1.807) is 0 Å². The van der Waals surface area contributed by atoms with Gasteiger partial charge in [0.05, 0.1) is 0 Å². The van der Waals surface area contributed by atoms with Gasteiger partial charge >= 0.3 is 0 Å². The van der Waals surface area contributed by atoms with Crippen LogP contribution in [0.5, 0.6) is 0 Å². The van der Waals surface area contributed by atoms with Crippen LogP contribution in [0, 0.1) is 12.3 Å². The van der Waals surface area contributed by atoms with E-state index in [1.165, 1.54) is 11.1 Å². The van der Waals surface area contributed by atoms with Gasteiger partial charge in [0.2, 0.25) is 0 Å². The molecule has 74 valence electrons. The zero-order valence-corrected chi connectivity index (χ0v) is 8.54. The first kappa shape index (κ1) is 9.06. The van der Waals surface area contributed by atoms with Crippen LogP contribution < -0.4 is 10.6 Å². The van der Waals surface area contributed by atoms with Gasteiger partial charge < -0.3 is 10.6 Å². The van der Waals surface area contributed by atoms with Crippen LogP contribution in [0.25, 0.3) is 0 Å². The van der Waals surface area contributed by atoms with Crippen LogP contribution >= 0.6 is 0 Å². The summed E-state index contributed by atoms with van der Waals surface area (Å²) >= 11 is 0. The maximum Gasteiger partial charge on any atom is 0.193 e. The molecule has 1 aliphatic rings. The number of fused-ring (bicyclic) bond motifs is 1. The molecule has 0 saturated heterocycles. The molecule has 0 spiro atoms. The highest BCUT2D eigenvalue weighted by atomic mass is 15.3. The van der Waals surface area contributed by atoms with E-state index in [-0.39, 0.29) is 5.96 Å². The third-order valence-corrected chi connectivity index (χ3v) is 2.71. The van der Waals surface area contributed by atoms with Gasteiger partial charge in [0.25, 0.3) is 0 Å². The number of nitrogens with two attached hydrogens (primary N) is 1. The predicted octanol–water partition coefficient (Wildman–Crippen LogP) is 1.64. The summed E-state index contributed by atoms with van der Waals surface area (Å²) in [5.41, 5.74) is 9.21. The molecule has 1 heterocycles. The number of anilines is 1. The van der Waals surface area contributed by atoms with E-state index in [4.69, 9.17) is 11.1 Å². The Hall–Kier alpha value is -1.51. The molecule has 0 aromatic heterocycles. The number of benzene rings is 1. The minimum absolute atomic E-state index is 0.139. The number of hydrogen-bond acceptors (Lipinski definition) is 1. The molecule has 3 N–H and O–H groups in total. The summed E-state index contributed by atoms with van der Waals surface area (Å²) in [7, 11) is 0. The molecular formula is C11H15N3. The number of nitrogens with zero attached hydrogens (tertiary/aromatic N) is 1. The Kier molecular flexibility index (Phi) is 1.95. The molecule has 1 aliphatic heterocycles. The number of aryl methyl sites for hydroxylation is 1. The van der Waals surface area contributed by atoms with E-state index in [1.807, 2.05) is 4.90 Å². The molecule has 3 heteroatoms. The van der Waals surface area contributed by atoms with Gasteiger partial charge in [-0.05, 0) is 31.9 Å². The van der Waals surface area contributed by atoms with Crippen LogP contribution in [0.15, 0.2) is 18.2 Å². The first-order valence-electron chi connectivity index (χ1n) is 4.82.